The summed E-state index contributed by atoms with van der Waals surface area (Å²) in [6.45, 7) is 2.02. The van der Waals surface area contributed by atoms with Gasteiger partial charge < -0.3 is 15.1 Å². The van der Waals surface area contributed by atoms with Gasteiger partial charge in [0, 0.05) is 54.5 Å². The van der Waals surface area contributed by atoms with Gasteiger partial charge in [0.1, 0.15) is 5.69 Å². The SMILES string of the molecule is O=C(c1cc(Br)cc([N+](=O)[O-])c1NC1CN(C(=O)c2cncc3ccccc23)C1)N1CCCCC1. The zero-order valence-electron chi connectivity index (χ0n) is 18.9. The molecule has 35 heavy (non-hydrogen) atoms. The molecule has 3 aromatic rings. The van der Waals surface area contributed by atoms with E-state index in [-0.39, 0.29) is 34.8 Å². The molecule has 10 heteroatoms. The fraction of sp³-hybridized carbons (Fsp3) is 0.320. The number of hydrogen-bond acceptors (Lipinski definition) is 6. The molecule has 3 heterocycles. The van der Waals surface area contributed by atoms with Crippen LogP contribution in [0.4, 0.5) is 11.4 Å². The van der Waals surface area contributed by atoms with Gasteiger partial charge in [0.05, 0.1) is 22.1 Å². The van der Waals surface area contributed by atoms with E-state index in [1.807, 2.05) is 24.3 Å². The average molecular weight is 538 g/mol. The van der Waals surface area contributed by atoms with Gasteiger partial charge in [-0.2, -0.15) is 0 Å². The van der Waals surface area contributed by atoms with Crippen molar-refractivity contribution in [1.29, 1.82) is 0 Å². The van der Waals surface area contributed by atoms with E-state index in [9.17, 15) is 19.7 Å². The van der Waals surface area contributed by atoms with Gasteiger partial charge >= 0.3 is 0 Å². The third-order valence-electron chi connectivity index (χ3n) is 6.57. The van der Waals surface area contributed by atoms with Gasteiger partial charge in [-0.3, -0.25) is 24.7 Å². The van der Waals surface area contributed by atoms with E-state index < -0.39 is 4.92 Å². The van der Waals surface area contributed by atoms with Crippen molar-refractivity contribution in [3.63, 3.8) is 0 Å². The molecular weight excluding hydrogens is 514 g/mol. The van der Waals surface area contributed by atoms with Crippen molar-refractivity contribution in [2.45, 2.75) is 25.3 Å². The van der Waals surface area contributed by atoms with Crippen LogP contribution in [0, 0.1) is 10.1 Å². The molecule has 5 rings (SSSR count). The molecule has 0 bridgehead atoms. The smallest absolute Gasteiger partial charge is 0.294 e. The number of hydrogen-bond donors (Lipinski definition) is 1. The van der Waals surface area contributed by atoms with E-state index >= 15 is 0 Å². The zero-order valence-corrected chi connectivity index (χ0v) is 20.5. The van der Waals surface area contributed by atoms with Crippen molar-refractivity contribution in [2.24, 2.45) is 0 Å². The number of rotatable bonds is 5. The van der Waals surface area contributed by atoms with Crippen LogP contribution in [-0.4, -0.2) is 63.7 Å². The Bertz CT molecular complexity index is 1310. The van der Waals surface area contributed by atoms with Crippen molar-refractivity contribution in [3.8, 4) is 0 Å². The fourth-order valence-corrected chi connectivity index (χ4v) is 5.17. The Morgan fingerprint density at radius 2 is 1.71 bits per heavy atom. The number of anilines is 1. The minimum Gasteiger partial charge on any atom is -0.373 e. The molecule has 0 aliphatic carbocycles. The lowest BCUT2D eigenvalue weighted by molar-refractivity contribution is -0.384. The second-order valence-corrected chi connectivity index (χ2v) is 9.83. The van der Waals surface area contributed by atoms with E-state index in [0.29, 0.717) is 36.2 Å². The van der Waals surface area contributed by atoms with E-state index in [1.54, 1.807) is 28.3 Å². The number of aromatic nitrogens is 1. The number of carbonyl (C=O) groups is 2. The topological polar surface area (TPSA) is 109 Å². The first-order valence-electron chi connectivity index (χ1n) is 11.6. The van der Waals surface area contributed by atoms with Crippen molar-refractivity contribution < 1.29 is 14.5 Å². The standard InChI is InChI=1S/C25H24BrN5O4/c26-17-10-20(24(32)29-8-4-1-5-9-29)23(22(11-17)31(34)35)28-18-14-30(15-18)25(33)21-13-27-12-16-6-2-3-7-19(16)21/h2-3,6-7,10-13,18,28H,1,4-5,8-9,14-15H2. The molecule has 1 aromatic heterocycles. The van der Waals surface area contributed by atoms with Crippen molar-refractivity contribution in [1.82, 2.24) is 14.8 Å². The van der Waals surface area contributed by atoms with Gasteiger partial charge in [0.2, 0.25) is 0 Å². The Morgan fingerprint density at radius 1 is 1.00 bits per heavy atom. The summed E-state index contributed by atoms with van der Waals surface area (Å²) in [4.78, 5) is 45.4. The first-order chi connectivity index (χ1) is 16.9. The fourth-order valence-electron chi connectivity index (χ4n) is 4.72. The summed E-state index contributed by atoms with van der Waals surface area (Å²) < 4.78 is 0.476. The van der Waals surface area contributed by atoms with Gasteiger partial charge in [0.15, 0.2) is 0 Å². The zero-order chi connectivity index (χ0) is 24.5. The molecule has 0 spiro atoms. The molecule has 2 aromatic carbocycles. The quantitative estimate of drug-likeness (QED) is 0.380. The number of nitrogens with one attached hydrogen (secondary N) is 1. The Balaban J connectivity index is 1.36. The van der Waals surface area contributed by atoms with Crippen LogP contribution in [0.2, 0.25) is 0 Å². The maximum Gasteiger partial charge on any atom is 0.294 e. The number of nitro groups is 1. The molecule has 0 radical (unpaired) electrons. The third-order valence-corrected chi connectivity index (χ3v) is 7.03. The van der Waals surface area contributed by atoms with Crippen LogP contribution >= 0.6 is 15.9 Å². The molecule has 2 saturated heterocycles. The van der Waals surface area contributed by atoms with E-state index in [2.05, 4.69) is 26.2 Å². The summed E-state index contributed by atoms with van der Waals surface area (Å²) in [5.41, 5.74) is 0.841. The summed E-state index contributed by atoms with van der Waals surface area (Å²) in [7, 11) is 0. The monoisotopic (exact) mass is 537 g/mol. The Kier molecular flexibility index (Phi) is 6.38. The lowest BCUT2D eigenvalue weighted by Crippen LogP contribution is -2.57. The minimum atomic E-state index is -0.483. The van der Waals surface area contributed by atoms with Crippen LogP contribution < -0.4 is 5.32 Å². The molecule has 9 nitrogen and oxygen atoms in total. The number of benzene rings is 2. The average Bonchev–Trinajstić information content (AvgIpc) is 2.85. The highest BCUT2D eigenvalue weighted by Gasteiger charge is 2.35. The normalized spacial score (nSPS) is 16.1. The molecule has 2 aliphatic rings. The van der Waals surface area contributed by atoms with Crippen molar-refractivity contribution in [3.05, 3.63) is 74.5 Å². The van der Waals surface area contributed by atoms with E-state index in [0.717, 1.165) is 30.0 Å². The molecule has 1 N–H and O–H groups in total. The maximum atomic E-state index is 13.3. The van der Waals surface area contributed by atoms with Crippen LogP contribution in [0.15, 0.2) is 53.3 Å². The predicted octanol–water partition coefficient (Wildman–Crippen LogP) is 4.47. The number of pyridine rings is 1. The van der Waals surface area contributed by atoms with Crippen LogP contribution in [0.25, 0.3) is 10.8 Å². The highest BCUT2D eigenvalue weighted by atomic mass is 79.9. The van der Waals surface area contributed by atoms with Gasteiger partial charge in [-0.05, 0) is 30.7 Å². The molecule has 0 atom stereocenters. The van der Waals surface area contributed by atoms with Gasteiger partial charge in [-0.15, -0.1) is 0 Å². The largest absolute Gasteiger partial charge is 0.373 e. The van der Waals surface area contributed by atoms with E-state index in [4.69, 9.17) is 0 Å². The second kappa shape index (κ2) is 9.61. The van der Waals surface area contributed by atoms with Crippen LogP contribution in [0.5, 0.6) is 0 Å². The number of fused-ring (bicyclic) bond motifs is 1. The number of piperidine rings is 1. The molecule has 0 unspecified atom stereocenters. The molecular formula is C25H24BrN5O4. The number of nitrogens with zero attached hydrogens (tertiary/aromatic N) is 4. The lowest BCUT2D eigenvalue weighted by Gasteiger charge is -2.40. The summed E-state index contributed by atoms with van der Waals surface area (Å²) in [6, 6.07) is 10.4. The van der Waals surface area contributed by atoms with Gasteiger partial charge in [-0.25, -0.2) is 0 Å². The Labute approximate surface area is 210 Å². The number of nitro benzene ring substituents is 1. The third kappa shape index (κ3) is 4.58. The summed E-state index contributed by atoms with van der Waals surface area (Å²) in [6.07, 6.45) is 6.22. The molecule has 0 saturated carbocycles. The highest BCUT2D eigenvalue weighted by Crippen LogP contribution is 2.35. The van der Waals surface area contributed by atoms with Gasteiger partial charge in [0.25, 0.3) is 17.5 Å². The summed E-state index contributed by atoms with van der Waals surface area (Å²) >= 11 is 3.32. The maximum absolute atomic E-state index is 13.3. The van der Waals surface area contributed by atoms with Crippen LogP contribution in [0.1, 0.15) is 40.0 Å². The number of amides is 2. The lowest BCUT2D eigenvalue weighted by atomic mass is 10.0. The Morgan fingerprint density at radius 3 is 2.46 bits per heavy atom. The second-order valence-electron chi connectivity index (χ2n) is 8.92. The van der Waals surface area contributed by atoms with Crippen molar-refractivity contribution in [2.75, 3.05) is 31.5 Å². The highest BCUT2D eigenvalue weighted by molar-refractivity contribution is 9.10. The summed E-state index contributed by atoms with van der Waals surface area (Å²) in [5, 5.41) is 16.8. The number of carbonyl (C=O) groups excluding carboxylic acids is 2. The first-order valence-corrected chi connectivity index (χ1v) is 12.4. The predicted molar refractivity (Wildman–Crippen MR) is 136 cm³/mol. The summed E-state index contributed by atoms with van der Waals surface area (Å²) in [5.74, 6) is -0.354. The van der Waals surface area contributed by atoms with Gasteiger partial charge in [-0.1, -0.05) is 40.2 Å². The van der Waals surface area contributed by atoms with Crippen LogP contribution in [-0.2, 0) is 0 Å². The molecule has 2 amide bonds. The Hall–Kier alpha value is -3.53. The number of likely N-dealkylation sites (tertiary alicyclic amines) is 2. The van der Waals surface area contributed by atoms with E-state index in [1.165, 1.54) is 6.07 Å². The minimum absolute atomic E-state index is 0.137. The van der Waals surface area contributed by atoms with Crippen LogP contribution in [0.3, 0.4) is 0 Å². The first kappa shape index (κ1) is 23.2. The molecule has 2 fully saturated rings. The van der Waals surface area contributed by atoms with Crippen molar-refractivity contribution >= 4 is 49.9 Å². The number of halogens is 1. The molecule has 2 aliphatic heterocycles. The molecule has 180 valence electrons.